The molecular weight excluding hydrogens is 384 g/mol. The van der Waals surface area contributed by atoms with Crippen LogP contribution in [0.15, 0.2) is 71.3 Å². The summed E-state index contributed by atoms with van der Waals surface area (Å²) in [5.41, 5.74) is 10.9. The summed E-state index contributed by atoms with van der Waals surface area (Å²) in [6.07, 6.45) is 3.76. The molecule has 1 unspecified atom stereocenters. The molecule has 0 saturated carbocycles. The maximum absolute atomic E-state index is 2.59. The Hall–Kier alpha value is -2.08. The second-order valence-corrected chi connectivity index (χ2v) is 13.0. The van der Waals surface area contributed by atoms with Crippen LogP contribution >= 0.6 is 0 Å². The van der Waals surface area contributed by atoms with Gasteiger partial charge in [-0.25, -0.2) is 0 Å². The zero-order valence-electron chi connectivity index (χ0n) is 22.0. The third-order valence-corrected chi connectivity index (χ3v) is 7.64. The average Bonchev–Trinajstić information content (AvgIpc) is 3.24. The molecular formula is C32H42. The van der Waals surface area contributed by atoms with Gasteiger partial charge in [-0.05, 0) is 61.6 Å². The van der Waals surface area contributed by atoms with E-state index in [1.807, 2.05) is 0 Å². The fourth-order valence-corrected chi connectivity index (χ4v) is 5.92. The molecule has 2 aromatic carbocycles. The predicted octanol–water partition coefficient (Wildman–Crippen LogP) is 8.89. The molecule has 170 valence electrons. The van der Waals surface area contributed by atoms with Crippen molar-refractivity contribution in [2.75, 3.05) is 0 Å². The highest BCUT2D eigenvalue weighted by Crippen LogP contribution is 2.68. The maximum Gasteiger partial charge on any atom is 0.0673 e. The summed E-state index contributed by atoms with van der Waals surface area (Å²) < 4.78 is 0. The molecule has 3 aliphatic carbocycles. The number of hydrogen-bond donors (Lipinski definition) is 0. The van der Waals surface area contributed by atoms with Crippen molar-refractivity contribution in [2.45, 2.75) is 91.9 Å². The molecule has 0 heteroatoms. The van der Waals surface area contributed by atoms with E-state index in [4.69, 9.17) is 0 Å². The van der Waals surface area contributed by atoms with Gasteiger partial charge in [0.15, 0.2) is 0 Å². The topological polar surface area (TPSA) is 0 Å². The second-order valence-electron chi connectivity index (χ2n) is 13.0. The Kier molecular flexibility index (Phi) is 5.20. The summed E-state index contributed by atoms with van der Waals surface area (Å²) >= 11 is 0. The van der Waals surface area contributed by atoms with Gasteiger partial charge in [-0.1, -0.05) is 124 Å². The molecule has 0 spiro atoms. The predicted molar refractivity (Wildman–Crippen MR) is 139 cm³/mol. The Morgan fingerprint density at radius 1 is 0.625 bits per heavy atom. The van der Waals surface area contributed by atoms with E-state index in [9.17, 15) is 0 Å². The fourth-order valence-electron chi connectivity index (χ4n) is 5.92. The van der Waals surface area contributed by atoms with E-state index in [1.165, 1.54) is 28.7 Å². The minimum atomic E-state index is -0.0872. The molecule has 0 fully saturated rings. The van der Waals surface area contributed by atoms with Gasteiger partial charge in [0.1, 0.15) is 0 Å². The molecule has 0 aliphatic heterocycles. The standard InChI is InChI=1S/C32H42/c1-11-21-20-26-28(31(8,9)10)27(21)32(26,24-16-12-22(13-17-24)29(2,3)4)25-18-14-23(15-19-25)30(5,6)7/h12-21H,11H2,1-10H3. The van der Waals surface area contributed by atoms with Crippen LogP contribution in [-0.2, 0) is 16.2 Å². The zero-order valence-corrected chi connectivity index (χ0v) is 22.0. The number of fused-ring (bicyclic) bond motifs is 1. The van der Waals surface area contributed by atoms with Gasteiger partial charge in [-0.3, -0.25) is 0 Å². The third kappa shape index (κ3) is 3.33. The van der Waals surface area contributed by atoms with Gasteiger partial charge >= 0.3 is 0 Å². The SMILES string of the molecule is CCC1C=C2C(C(C)(C)C)=C1C2(c1ccc(C(C)(C)C)cc1)c1ccc(C(C)(C)C)cc1. The van der Waals surface area contributed by atoms with Crippen LogP contribution < -0.4 is 0 Å². The summed E-state index contributed by atoms with van der Waals surface area (Å²) in [4.78, 5) is 0. The molecule has 0 radical (unpaired) electrons. The minimum Gasteiger partial charge on any atom is -0.0722 e. The van der Waals surface area contributed by atoms with Crippen molar-refractivity contribution in [3.8, 4) is 0 Å². The first-order chi connectivity index (χ1) is 14.7. The summed E-state index contributed by atoms with van der Waals surface area (Å²) in [5, 5.41) is 0. The van der Waals surface area contributed by atoms with Crippen LogP contribution in [-0.4, -0.2) is 0 Å². The smallest absolute Gasteiger partial charge is 0.0673 e. The summed E-state index contributed by atoms with van der Waals surface area (Å²) in [7, 11) is 0. The van der Waals surface area contributed by atoms with Crippen molar-refractivity contribution in [1.29, 1.82) is 0 Å². The molecule has 3 aliphatic rings. The lowest BCUT2D eigenvalue weighted by Crippen LogP contribution is -2.43. The highest BCUT2D eigenvalue weighted by Gasteiger charge is 2.59. The highest BCUT2D eigenvalue weighted by molar-refractivity contribution is 5.78. The van der Waals surface area contributed by atoms with E-state index in [0.29, 0.717) is 5.92 Å². The zero-order chi connectivity index (χ0) is 23.7. The summed E-state index contributed by atoms with van der Waals surface area (Å²) in [5.74, 6) is 0.545. The van der Waals surface area contributed by atoms with Gasteiger partial charge in [0, 0.05) is 5.92 Å². The molecule has 0 heterocycles. The number of allylic oxidation sites excluding steroid dienone is 4. The van der Waals surface area contributed by atoms with Gasteiger partial charge < -0.3 is 0 Å². The van der Waals surface area contributed by atoms with Crippen molar-refractivity contribution in [2.24, 2.45) is 11.3 Å². The molecule has 5 rings (SSSR count). The number of benzene rings is 2. The van der Waals surface area contributed by atoms with E-state index >= 15 is 0 Å². The van der Waals surface area contributed by atoms with Crippen molar-refractivity contribution in [3.05, 3.63) is 93.6 Å². The normalized spacial score (nSPS) is 20.3. The molecule has 1 atom stereocenters. The molecule has 0 N–H and O–H groups in total. The Morgan fingerprint density at radius 2 is 1.03 bits per heavy atom. The van der Waals surface area contributed by atoms with Gasteiger partial charge in [0.2, 0.25) is 0 Å². The van der Waals surface area contributed by atoms with Crippen LogP contribution in [0.25, 0.3) is 0 Å². The lowest BCUT2D eigenvalue weighted by molar-refractivity contribution is 0.443. The molecule has 2 aromatic rings. The van der Waals surface area contributed by atoms with Crippen LogP contribution in [0.4, 0.5) is 0 Å². The lowest BCUT2D eigenvalue weighted by Gasteiger charge is -2.51. The maximum atomic E-state index is 2.59. The van der Waals surface area contributed by atoms with Crippen molar-refractivity contribution < 1.29 is 0 Å². The number of hydrogen-bond acceptors (Lipinski definition) is 0. The molecule has 0 aromatic heterocycles. The van der Waals surface area contributed by atoms with Crippen molar-refractivity contribution in [1.82, 2.24) is 0 Å². The van der Waals surface area contributed by atoms with Gasteiger partial charge in [0.25, 0.3) is 0 Å². The first-order valence-corrected chi connectivity index (χ1v) is 12.4. The lowest BCUT2D eigenvalue weighted by atomic mass is 9.51. The molecule has 2 bridgehead atoms. The van der Waals surface area contributed by atoms with E-state index in [0.717, 1.165) is 0 Å². The van der Waals surface area contributed by atoms with E-state index < -0.39 is 0 Å². The first-order valence-electron chi connectivity index (χ1n) is 12.4. The Morgan fingerprint density at radius 3 is 1.31 bits per heavy atom. The van der Waals surface area contributed by atoms with Crippen molar-refractivity contribution >= 4 is 0 Å². The van der Waals surface area contributed by atoms with Crippen LogP contribution in [0.5, 0.6) is 0 Å². The van der Waals surface area contributed by atoms with Gasteiger partial charge in [0.05, 0.1) is 5.41 Å². The Balaban J connectivity index is 1.94. The number of rotatable bonds is 3. The Bertz CT molecular complexity index is 1010. The van der Waals surface area contributed by atoms with Crippen LogP contribution in [0.3, 0.4) is 0 Å². The monoisotopic (exact) mass is 426 g/mol. The van der Waals surface area contributed by atoms with Crippen LogP contribution in [0.2, 0.25) is 0 Å². The molecule has 0 amide bonds. The fraction of sp³-hybridized carbons (Fsp3) is 0.500. The average molecular weight is 427 g/mol. The molecule has 0 saturated heterocycles. The van der Waals surface area contributed by atoms with Crippen LogP contribution in [0.1, 0.15) is 97.9 Å². The third-order valence-electron chi connectivity index (χ3n) is 7.64. The molecule has 32 heavy (non-hydrogen) atoms. The van der Waals surface area contributed by atoms with Gasteiger partial charge in [-0.2, -0.15) is 0 Å². The second kappa shape index (κ2) is 7.21. The largest absolute Gasteiger partial charge is 0.0722 e. The first kappa shape index (κ1) is 23.1. The quantitative estimate of drug-likeness (QED) is 0.459. The Labute approximate surface area is 196 Å². The van der Waals surface area contributed by atoms with Crippen molar-refractivity contribution in [3.63, 3.8) is 0 Å². The van der Waals surface area contributed by atoms with E-state index in [-0.39, 0.29) is 21.7 Å². The minimum absolute atomic E-state index is 0.0872. The molecule has 0 nitrogen and oxygen atoms in total. The van der Waals surface area contributed by atoms with E-state index in [2.05, 4.69) is 124 Å². The van der Waals surface area contributed by atoms with E-state index in [1.54, 1.807) is 16.7 Å². The summed E-state index contributed by atoms with van der Waals surface area (Å²) in [6.45, 7) is 23.3. The van der Waals surface area contributed by atoms with Gasteiger partial charge in [-0.15, -0.1) is 0 Å². The summed E-state index contributed by atoms with van der Waals surface area (Å²) in [6, 6.07) is 19.1. The van der Waals surface area contributed by atoms with Crippen LogP contribution in [0, 0.1) is 11.3 Å². The highest BCUT2D eigenvalue weighted by atomic mass is 14.6.